The number of hydrogen-bond acceptors (Lipinski definition) is 3. The fourth-order valence-corrected chi connectivity index (χ4v) is 4.19. The normalized spacial score (nSPS) is 13.4. The van der Waals surface area contributed by atoms with Crippen molar-refractivity contribution in [3.63, 3.8) is 0 Å². The topological polar surface area (TPSA) is 50.5 Å². The average molecular weight is 389 g/mol. The zero-order valence-electron chi connectivity index (χ0n) is 15.8. The molecule has 4 nitrogen and oxygen atoms in total. The summed E-state index contributed by atoms with van der Waals surface area (Å²) in [6.45, 7) is 0. The predicted octanol–water partition coefficient (Wildman–Crippen LogP) is 6.05. The van der Waals surface area contributed by atoms with E-state index in [4.69, 9.17) is 4.42 Å². The van der Waals surface area contributed by atoms with E-state index in [1.54, 1.807) is 36.4 Å². The molecule has 2 amide bonds. The maximum Gasteiger partial charge on any atom is 0.266 e. The monoisotopic (exact) mass is 389 g/mol. The fraction of sp³-hybridized carbons (Fsp3) is 0. The van der Waals surface area contributed by atoms with Gasteiger partial charge in [-0.25, -0.2) is 4.90 Å². The molecular formula is C26H15NO3. The summed E-state index contributed by atoms with van der Waals surface area (Å²) in [6.07, 6.45) is 0. The molecule has 4 heteroatoms. The number of furan rings is 1. The Kier molecular flexibility index (Phi) is 3.44. The van der Waals surface area contributed by atoms with Gasteiger partial charge in [0.15, 0.2) is 0 Å². The first-order valence-corrected chi connectivity index (χ1v) is 9.71. The summed E-state index contributed by atoms with van der Waals surface area (Å²) in [6, 6.07) is 28.4. The summed E-state index contributed by atoms with van der Waals surface area (Å²) in [4.78, 5) is 26.7. The number of anilines is 1. The molecule has 0 radical (unpaired) electrons. The lowest BCUT2D eigenvalue weighted by Gasteiger charge is -2.14. The molecule has 0 saturated carbocycles. The van der Waals surface area contributed by atoms with E-state index in [0.29, 0.717) is 16.8 Å². The second-order valence-corrected chi connectivity index (χ2v) is 7.32. The van der Waals surface area contributed by atoms with E-state index in [9.17, 15) is 9.59 Å². The lowest BCUT2D eigenvalue weighted by Crippen LogP contribution is -2.29. The lowest BCUT2D eigenvalue weighted by molar-refractivity contribution is 0.0926. The Morgan fingerprint density at radius 1 is 0.567 bits per heavy atom. The van der Waals surface area contributed by atoms with Gasteiger partial charge in [0, 0.05) is 16.3 Å². The second kappa shape index (κ2) is 6.16. The van der Waals surface area contributed by atoms with Crippen LogP contribution in [0.2, 0.25) is 0 Å². The van der Waals surface area contributed by atoms with Gasteiger partial charge in [0.1, 0.15) is 11.2 Å². The third-order valence-corrected chi connectivity index (χ3v) is 5.63. The van der Waals surface area contributed by atoms with Gasteiger partial charge in [-0.15, -0.1) is 0 Å². The molecule has 5 aromatic rings. The third-order valence-electron chi connectivity index (χ3n) is 5.63. The van der Waals surface area contributed by atoms with E-state index in [-0.39, 0.29) is 11.8 Å². The molecule has 6 rings (SSSR count). The molecule has 0 N–H and O–H groups in total. The Bertz CT molecular complexity index is 1440. The first-order valence-electron chi connectivity index (χ1n) is 9.71. The summed E-state index contributed by atoms with van der Waals surface area (Å²) in [7, 11) is 0. The Balaban J connectivity index is 1.43. The number of carbonyl (C=O) groups excluding carboxylic acids is 2. The molecule has 1 aliphatic rings. The van der Waals surface area contributed by atoms with E-state index < -0.39 is 0 Å². The van der Waals surface area contributed by atoms with E-state index in [2.05, 4.69) is 12.1 Å². The van der Waals surface area contributed by atoms with Crippen LogP contribution in [0, 0.1) is 0 Å². The van der Waals surface area contributed by atoms with Crippen LogP contribution >= 0.6 is 0 Å². The Morgan fingerprint density at radius 3 is 1.90 bits per heavy atom. The third kappa shape index (κ3) is 2.28. The number of amides is 2. The van der Waals surface area contributed by atoms with Gasteiger partial charge in [0.25, 0.3) is 11.8 Å². The zero-order valence-corrected chi connectivity index (χ0v) is 15.8. The minimum absolute atomic E-state index is 0.289. The molecule has 0 aliphatic carbocycles. The van der Waals surface area contributed by atoms with Gasteiger partial charge >= 0.3 is 0 Å². The number of para-hydroxylation sites is 2. The second-order valence-electron chi connectivity index (χ2n) is 7.32. The zero-order chi connectivity index (χ0) is 20.2. The maximum absolute atomic E-state index is 12.7. The van der Waals surface area contributed by atoms with E-state index in [0.717, 1.165) is 33.1 Å². The van der Waals surface area contributed by atoms with Crippen molar-refractivity contribution in [3.05, 3.63) is 102 Å². The predicted molar refractivity (Wildman–Crippen MR) is 117 cm³/mol. The lowest BCUT2D eigenvalue weighted by atomic mass is 10.0. The molecule has 1 aliphatic heterocycles. The van der Waals surface area contributed by atoms with Gasteiger partial charge in [0.2, 0.25) is 0 Å². The molecule has 0 unspecified atom stereocenters. The molecule has 0 spiro atoms. The van der Waals surface area contributed by atoms with Crippen molar-refractivity contribution in [1.82, 2.24) is 0 Å². The first-order chi connectivity index (χ1) is 14.7. The van der Waals surface area contributed by atoms with Gasteiger partial charge in [-0.05, 0) is 35.9 Å². The summed E-state index contributed by atoms with van der Waals surface area (Å²) >= 11 is 0. The molecule has 2 heterocycles. The fourth-order valence-electron chi connectivity index (χ4n) is 4.19. The van der Waals surface area contributed by atoms with E-state index in [1.807, 2.05) is 42.5 Å². The van der Waals surface area contributed by atoms with Crippen molar-refractivity contribution in [2.45, 2.75) is 0 Å². The van der Waals surface area contributed by atoms with Crippen LogP contribution < -0.4 is 4.90 Å². The highest BCUT2D eigenvalue weighted by Gasteiger charge is 2.36. The van der Waals surface area contributed by atoms with Crippen LogP contribution in [0.5, 0.6) is 0 Å². The van der Waals surface area contributed by atoms with Gasteiger partial charge in [0.05, 0.1) is 16.8 Å². The van der Waals surface area contributed by atoms with Crippen molar-refractivity contribution >= 4 is 39.4 Å². The van der Waals surface area contributed by atoms with E-state index in [1.165, 1.54) is 4.90 Å². The number of fused-ring (bicyclic) bond motifs is 4. The maximum atomic E-state index is 12.7. The molecule has 0 saturated heterocycles. The largest absolute Gasteiger partial charge is 0.455 e. The van der Waals surface area contributed by atoms with Crippen LogP contribution in [0.4, 0.5) is 5.69 Å². The van der Waals surface area contributed by atoms with E-state index >= 15 is 0 Å². The van der Waals surface area contributed by atoms with Crippen molar-refractivity contribution in [2.75, 3.05) is 4.90 Å². The number of benzene rings is 4. The Labute approximate surface area is 172 Å². The quantitative estimate of drug-likeness (QED) is 0.345. The van der Waals surface area contributed by atoms with Gasteiger partial charge in [-0.2, -0.15) is 0 Å². The molecule has 0 atom stereocenters. The molecular weight excluding hydrogens is 374 g/mol. The van der Waals surface area contributed by atoms with Crippen molar-refractivity contribution in [3.8, 4) is 11.1 Å². The molecule has 0 fully saturated rings. The summed E-state index contributed by atoms with van der Waals surface area (Å²) < 4.78 is 6.13. The number of carbonyl (C=O) groups is 2. The summed E-state index contributed by atoms with van der Waals surface area (Å²) in [5.41, 5.74) is 5.05. The van der Waals surface area contributed by atoms with Crippen molar-refractivity contribution in [1.29, 1.82) is 0 Å². The molecule has 4 aromatic carbocycles. The van der Waals surface area contributed by atoms with Gasteiger partial charge in [-0.3, -0.25) is 9.59 Å². The first kappa shape index (κ1) is 16.7. The van der Waals surface area contributed by atoms with Crippen LogP contribution in [0.1, 0.15) is 20.7 Å². The van der Waals surface area contributed by atoms with Gasteiger partial charge in [-0.1, -0.05) is 60.7 Å². The minimum atomic E-state index is -0.289. The summed E-state index contributed by atoms with van der Waals surface area (Å²) in [5.74, 6) is -0.578. The standard InChI is InChI=1S/C26H15NO3/c28-25-21-7-1-2-8-22(21)26(29)27(25)17-14-12-16(13-15-17)18-9-5-10-20-19-6-3-4-11-23(19)30-24(18)20/h1-15H. The highest BCUT2D eigenvalue weighted by atomic mass is 16.3. The molecule has 30 heavy (non-hydrogen) atoms. The van der Waals surface area contributed by atoms with Crippen LogP contribution in [0.25, 0.3) is 33.1 Å². The SMILES string of the molecule is O=C1c2ccccc2C(=O)N1c1ccc(-c2cccc3c2oc2ccccc23)cc1. The molecule has 142 valence electrons. The highest BCUT2D eigenvalue weighted by Crippen LogP contribution is 2.36. The highest BCUT2D eigenvalue weighted by molar-refractivity contribution is 6.34. The average Bonchev–Trinajstić information content (AvgIpc) is 3.29. The molecule has 1 aromatic heterocycles. The Hall–Kier alpha value is -4.18. The van der Waals surface area contributed by atoms with Crippen molar-refractivity contribution < 1.29 is 14.0 Å². The molecule has 0 bridgehead atoms. The number of hydrogen-bond donors (Lipinski definition) is 0. The Morgan fingerprint density at radius 2 is 1.17 bits per heavy atom. The number of rotatable bonds is 2. The van der Waals surface area contributed by atoms with Crippen LogP contribution in [-0.2, 0) is 0 Å². The van der Waals surface area contributed by atoms with Crippen LogP contribution in [0.15, 0.2) is 95.4 Å². The van der Waals surface area contributed by atoms with Crippen LogP contribution in [-0.4, -0.2) is 11.8 Å². The number of imide groups is 1. The number of nitrogens with zero attached hydrogens (tertiary/aromatic N) is 1. The smallest absolute Gasteiger partial charge is 0.266 e. The minimum Gasteiger partial charge on any atom is -0.455 e. The van der Waals surface area contributed by atoms with Crippen LogP contribution in [0.3, 0.4) is 0 Å². The summed E-state index contributed by atoms with van der Waals surface area (Å²) in [5, 5.41) is 2.14. The van der Waals surface area contributed by atoms with Crippen molar-refractivity contribution in [2.24, 2.45) is 0 Å². The van der Waals surface area contributed by atoms with Gasteiger partial charge < -0.3 is 4.42 Å².